The molecule has 2 N–H and O–H groups in total. The summed E-state index contributed by atoms with van der Waals surface area (Å²) in [4.78, 5) is 19.6. The number of hydrogen-bond donors (Lipinski definition) is 2. The number of H-pyrrole nitrogens is 1. The van der Waals surface area contributed by atoms with E-state index < -0.39 is 5.56 Å². The monoisotopic (exact) mass is 429 g/mol. The molecule has 0 fully saturated rings. The van der Waals surface area contributed by atoms with Gasteiger partial charge in [-0.05, 0) is 43.4 Å². The fourth-order valence-corrected chi connectivity index (χ4v) is 3.78. The predicted octanol–water partition coefficient (Wildman–Crippen LogP) is 5.55. The minimum atomic E-state index is -0.512. The molecule has 2 aromatic carbocycles. The predicted molar refractivity (Wildman–Crippen MR) is 116 cm³/mol. The van der Waals surface area contributed by atoms with E-state index in [9.17, 15) is 9.90 Å². The normalized spacial score (nSPS) is 14.2. The van der Waals surface area contributed by atoms with Gasteiger partial charge in [-0.25, -0.2) is 0 Å². The Bertz CT molecular complexity index is 1310. The van der Waals surface area contributed by atoms with Crippen molar-refractivity contribution in [2.45, 2.75) is 6.92 Å². The second-order valence-corrected chi connectivity index (χ2v) is 7.35. The molecule has 0 radical (unpaired) electrons. The number of rotatable bonds is 2. The average molecular weight is 430 g/mol. The number of halogens is 2. The molecule has 3 aromatic rings. The summed E-state index contributed by atoms with van der Waals surface area (Å²) in [5, 5.41) is 11.4. The summed E-state index contributed by atoms with van der Waals surface area (Å²) in [5.74, 6) is -0.331. The molecule has 0 amide bonds. The number of para-hydroxylation sites is 1. The third-order valence-corrected chi connectivity index (χ3v) is 5.55. The van der Waals surface area contributed by atoms with E-state index >= 15 is 0 Å². The Morgan fingerprint density at radius 3 is 2.71 bits per heavy atom. The van der Waals surface area contributed by atoms with E-state index in [1.807, 2.05) is 31.2 Å². The number of aromatic hydroxyl groups is 1. The summed E-state index contributed by atoms with van der Waals surface area (Å²) in [6.45, 7) is 1.85. The first-order valence-corrected chi connectivity index (χ1v) is 9.44. The van der Waals surface area contributed by atoms with Gasteiger partial charge in [0.2, 0.25) is 5.88 Å². The van der Waals surface area contributed by atoms with E-state index in [1.54, 1.807) is 24.3 Å². The topological polar surface area (TPSA) is 70.4 Å². The van der Waals surface area contributed by atoms with Crippen LogP contribution in [0.1, 0.15) is 18.1 Å². The molecule has 0 saturated heterocycles. The number of aliphatic imine (C=N–C) groups is 1. The molecule has 0 bridgehead atoms. The largest absolute Gasteiger partial charge is 0.494 e. The highest BCUT2D eigenvalue weighted by Crippen LogP contribution is 2.37. The highest BCUT2D eigenvalue weighted by atomic mass is 35.5. The van der Waals surface area contributed by atoms with E-state index in [4.69, 9.17) is 35.4 Å². The maximum Gasteiger partial charge on any atom is 0.262 e. The van der Waals surface area contributed by atoms with Gasteiger partial charge < -0.3 is 5.11 Å². The van der Waals surface area contributed by atoms with Crippen LogP contribution >= 0.6 is 35.4 Å². The summed E-state index contributed by atoms with van der Waals surface area (Å²) in [5.41, 5.74) is 3.09. The molecule has 1 aliphatic heterocycles. The number of fused-ring (bicyclic) bond motifs is 1. The Morgan fingerprint density at radius 2 is 1.93 bits per heavy atom. The molecule has 8 heteroatoms. The third-order valence-electron chi connectivity index (χ3n) is 4.45. The summed E-state index contributed by atoms with van der Waals surface area (Å²) >= 11 is 17.6. The lowest BCUT2D eigenvalue weighted by atomic mass is 10.0. The van der Waals surface area contributed by atoms with Crippen LogP contribution in [0.4, 0.5) is 5.69 Å². The molecule has 5 nitrogen and oxygen atoms in total. The Balaban J connectivity index is 1.98. The molecule has 1 aliphatic rings. The molecule has 1 aromatic heterocycles. The molecular weight excluding hydrogens is 417 g/mol. The maximum absolute atomic E-state index is 12.6. The first kappa shape index (κ1) is 18.7. The first-order valence-electron chi connectivity index (χ1n) is 8.28. The van der Waals surface area contributed by atoms with Crippen LogP contribution in [0.15, 0.2) is 52.3 Å². The highest BCUT2D eigenvalue weighted by molar-refractivity contribution is 7.71. The Hall–Kier alpha value is -2.67. The van der Waals surface area contributed by atoms with Crippen LogP contribution in [0.3, 0.4) is 0 Å². The van der Waals surface area contributed by atoms with Gasteiger partial charge in [-0.2, -0.15) is 0 Å². The van der Waals surface area contributed by atoms with Crippen LogP contribution in [0, 0.1) is 4.77 Å². The quantitative estimate of drug-likeness (QED) is 0.524. The van der Waals surface area contributed by atoms with Crippen molar-refractivity contribution in [2.24, 2.45) is 4.99 Å². The average Bonchev–Trinajstić information content (AvgIpc) is 2.97. The lowest BCUT2D eigenvalue weighted by molar-refractivity contribution is 0.432. The van der Waals surface area contributed by atoms with Crippen LogP contribution in [-0.4, -0.2) is 20.4 Å². The van der Waals surface area contributed by atoms with Gasteiger partial charge in [-0.3, -0.25) is 19.3 Å². The van der Waals surface area contributed by atoms with Crippen molar-refractivity contribution < 1.29 is 5.11 Å². The zero-order valence-electron chi connectivity index (χ0n) is 14.5. The van der Waals surface area contributed by atoms with E-state index in [-0.39, 0.29) is 21.2 Å². The second-order valence-electron chi connectivity index (χ2n) is 6.18. The van der Waals surface area contributed by atoms with Gasteiger partial charge in [0.25, 0.3) is 5.56 Å². The number of aromatic nitrogens is 2. The van der Waals surface area contributed by atoms with Gasteiger partial charge in [0.05, 0.1) is 21.4 Å². The van der Waals surface area contributed by atoms with Crippen LogP contribution in [0.5, 0.6) is 5.88 Å². The van der Waals surface area contributed by atoms with Gasteiger partial charge in [0.15, 0.2) is 4.77 Å². The van der Waals surface area contributed by atoms with Crippen LogP contribution in [0.2, 0.25) is 10.0 Å². The zero-order valence-corrected chi connectivity index (χ0v) is 16.9. The lowest BCUT2D eigenvalue weighted by Crippen LogP contribution is -2.16. The summed E-state index contributed by atoms with van der Waals surface area (Å²) < 4.78 is 1.29. The minimum absolute atomic E-state index is 0.00558. The van der Waals surface area contributed by atoms with E-state index in [2.05, 4.69) is 9.98 Å². The highest BCUT2D eigenvalue weighted by Gasteiger charge is 2.21. The molecule has 0 unspecified atom stereocenters. The van der Waals surface area contributed by atoms with Crippen LogP contribution in [0.25, 0.3) is 17.3 Å². The zero-order chi connectivity index (χ0) is 20.0. The van der Waals surface area contributed by atoms with E-state index in [0.29, 0.717) is 10.7 Å². The number of allylic oxidation sites excluding steroid dienone is 1. The Kier molecular flexibility index (Phi) is 4.71. The molecule has 4 rings (SSSR count). The van der Waals surface area contributed by atoms with Crippen molar-refractivity contribution >= 4 is 58.5 Å². The summed E-state index contributed by atoms with van der Waals surface area (Å²) in [7, 11) is 0. The fraction of sp³-hybridized carbons (Fsp3) is 0.0500. The van der Waals surface area contributed by atoms with Gasteiger partial charge in [0, 0.05) is 16.8 Å². The number of nitrogens with zero attached hydrogens (tertiary/aromatic N) is 2. The molecule has 140 valence electrons. The molecule has 0 aliphatic carbocycles. The van der Waals surface area contributed by atoms with Crippen LogP contribution < -0.4 is 5.56 Å². The molecule has 0 atom stereocenters. The molecule has 0 spiro atoms. The van der Waals surface area contributed by atoms with Gasteiger partial charge in [0.1, 0.15) is 5.56 Å². The summed E-state index contributed by atoms with van der Waals surface area (Å²) in [6, 6.07) is 12.5. The van der Waals surface area contributed by atoms with Crippen molar-refractivity contribution in [1.29, 1.82) is 0 Å². The van der Waals surface area contributed by atoms with Gasteiger partial charge in [-0.1, -0.05) is 47.5 Å². The lowest BCUT2D eigenvalue weighted by Gasteiger charge is -2.14. The van der Waals surface area contributed by atoms with Crippen molar-refractivity contribution in [3.8, 4) is 11.6 Å². The van der Waals surface area contributed by atoms with Crippen molar-refractivity contribution in [1.82, 2.24) is 9.55 Å². The van der Waals surface area contributed by atoms with E-state index in [1.165, 1.54) is 4.57 Å². The summed E-state index contributed by atoms with van der Waals surface area (Å²) in [6.07, 6.45) is 1.60. The van der Waals surface area contributed by atoms with Gasteiger partial charge >= 0.3 is 0 Å². The fourth-order valence-electron chi connectivity index (χ4n) is 3.12. The van der Waals surface area contributed by atoms with Gasteiger partial charge in [-0.15, -0.1) is 0 Å². The number of nitrogens with one attached hydrogen (secondary N) is 1. The Morgan fingerprint density at radius 1 is 1.18 bits per heavy atom. The minimum Gasteiger partial charge on any atom is -0.494 e. The third kappa shape index (κ3) is 2.99. The second kappa shape index (κ2) is 7.05. The van der Waals surface area contributed by atoms with Crippen LogP contribution in [-0.2, 0) is 0 Å². The van der Waals surface area contributed by atoms with Crippen molar-refractivity contribution in [3.63, 3.8) is 0 Å². The molecular formula is C20H13Cl2N3O2S. The first-order chi connectivity index (χ1) is 13.4. The Labute approximate surface area is 175 Å². The van der Waals surface area contributed by atoms with Crippen molar-refractivity contribution in [2.75, 3.05) is 0 Å². The number of benzene rings is 2. The molecule has 0 saturated carbocycles. The maximum atomic E-state index is 12.6. The van der Waals surface area contributed by atoms with Crippen molar-refractivity contribution in [3.05, 3.63) is 78.8 Å². The number of aromatic amines is 1. The molecule has 2 heterocycles. The molecule has 28 heavy (non-hydrogen) atoms. The number of hydrogen-bond acceptors (Lipinski definition) is 4. The standard InChI is InChI=1S/C20H13Cl2N3O2S/c1-10-12(11-5-2-3-7-15(11)23-10)9-13-18(26)24-20(28)25(19(13)27)16-8-4-6-14(21)17(16)22/h2-9,27H,1H3,(H,24,26,28)/b12-9-. The smallest absolute Gasteiger partial charge is 0.262 e. The SMILES string of the molecule is CC1=Nc2ccccc2/C1=C\c1c(O)n(-c2cccc(Cl)c2Cl)c(=S)[nH]c1=O. The van der Waals surface area contributed by atoms with E-state index in [0.717, 1.165) is 22.5 Å².